The second-order valence-corrected chi connectivity index (χ2v) is 9.81. The Hall–Kier alpha value is -6.50. The number of hydrogen-bond donors (Lipinski definition) is 0. The Bertz CT molecular complexity index is 1750. The van der Waals surface area contributed by atoms with E-state index in [0.29, 0.717) is 11.5 Å². The molecular formula is C38H26N4O2. The summed E-state index contributed by atoms with van der Waals surface area (Å²) in [7, 11) is 0. The van der Waals surface area contributed by atoms with Crippen LogP contribution < -0.4 is 19.3 Å². The molecule has 0 bridgehead atoms. The lowest BCUT2D eigenvalue weighted by atomic mass is 10.0. The molecule has 0 aromatic heterocycles. The molecule has 210 valence electrons. The average molecular weight is 571 g/mol. The Kier molecular flexibility index (Phi) is 8.17. The zero-order valence-electron chi connectivity index (χ0n) is 23.6. The van der Waals surface area contributed by atoms with Crippen molar-refractivity contribution in [1.82, 2.24) is 0 Å². The number of hydrogen-bond acceptors (Lipinski definition) is 6. The van der Waals surface area contributed by atoms with Gasteiger partial charge in [-0.3, -0.25) is 0 Å². The highest BCUT2D eigenvalue weighted by atomic mass is 16.5. The molecule has 6 rings (SSSR count). The van der Waals surface area contributed by atoms with Crippen molar-refractivity contribution in [2.75, 3.05) is 9.80 Å². The zero-order valence-corrected chi connectivity index (χ0v) is 23.6. The van der Waals surface area contributed by atoms with Crippen LogP contribution in [0.1, 0.15) is 0 Å². The second kappa shape index (κ2) is 13.0. The SMILES string of the molecule is N#COc1ccc(N(c2ccccc2)c2ccc(-c3ccc(N(c4ccccc4)c4ccc(OC#N)cc4)cc3)cc2)cc1. The molecule has 6 aromatic carbocycles. The van der Waals surface area contributed by atoms with Gasteiger partial charge in [-0.1, -0.05) is 60.7 Å². The van der Waals surface area contributed by atoms with Crippen LogP contribution in [0.3, 0.4) is 0 Å². The molecule has 6 aromatic rings. The highest BCUT2D eigenvalue weighted by molar-refractivity contribution is 5.80. The van der Waals surface area contributed by atoms with Crippen LogP contribution in [0.15, 0.2) is 158 Å². The third kappa shape index (κ3) is 6.06. The van der Waals surface area contributed by atoms with Gasteiger partial charge in [0.1, 0.15) is 11.5 Å². The lowest BCUT2D eigenvalue weighted by molar-refractivity contribution is 0.507. The number of nitrogens with zero attached hydrogens (tertiary/aromatic N) is 4. The van der Waals surface area contributed by atoms with Gasteiger partial charge in [0, 0.05) is 34.1 Å². The summed E-state index contributed by atoms with van der Waals surface area (Å²) in [5.74, 6) is 0.998. The van der Waals surface area contributed by atoms with Crippen molar-refractivity contribution in [2.45, 2.75) is 0 Å². The summed E-state index contributed by atoms with van der Waals surface area (Å²) in [5.41, 5.74) is 8.14. The summed E-state index contributed by atoms with van der Waals surface area (Å²) in [5, 5.41) is 17.7. The van der Waals surface area contributed by atoms with Gasteiger partial charge in [-0.25, -0.2) is 0 Å². The molecule has 0 saturated carbocycles. The van der Waals surface area contributed by atoms with Gasteiger partial charge in [0.25, 0.3) is 12.5 Å². The fourth-order valence-electron chi connectivity index (χ4n) is 5.09. The molecule has 0 unspecified atom stereocenters. The molecule has 44 heavy (non-hydrogen) atoms. The number of para-hydroxylation sites is 2. The van der Waals surface area contributed by atoms with Gasteiger partial charge in [-0.05, 0) is 108 Å². The predicted molar refractivity (Wildman–Crippen MR) is 174 cm³/mol. The molecule has 0 spiro atoms. The van der Waals surface area contributed by atoms with Crippen molar-refractivity contribution in [3.8, 4) is 35.1 Å². The van der Waals surface area contributed by atoms with Crippen LogP contribution >= 0.6 is 0 Å². The maximum atomic E-state index is 8.85. The summed E-state index contributed by atoms with van der Waals surface area (Å²) in [6.45, 7) is 0. The van der Waals surface area contributed by atoms with Crippen LogP contribution in [0.4, 0.5) is 34.1 Å². The quantitative estimate of drug-likeness (QED) is 0.161. The van der Waals surface area contributed by atoms with Crippen LogP contribution in [0.25, 0.3) is 11.1 Å². The van der Waals surface area contributed by atoms with Gasteiger partial charge in [-0.15, -0.1) is 10.5 Å². The first-order valence-corrected chi connectivity index (χ1v) is 14.0. The molecule has 0 saturated heterocycles. The number of ether oxygens (including phenoxy) is 2. The van der Waals surface area contributed by atoms with E-state index in [1.807, 2.05) is 60.7 Å². The van der Waals surface area contributed by atoms with Gasteiger partial charge < -0.3 is 19.3 Å². The molecule has 6 heteroatoms. The molecule has 0 radical (unpaired) electrons. The van der Waals surface area contributed by atoms with Crippen LogP contribution in [0.5, 0.6) is 11.5 Å². The van der Waals surface area contributed by atoms with Gasteiger partial charge in [0.05, 0.1) is 0 Å². The smallest absolute Gasteiger partial charge is 0.292 e. The van der Waals surface area contributed by atoms with E-state index in [0.717, 1.165) is 45.3 Å². The van der Waals surface area contributed by atoms with Gasteiger partial charge in [-0.2, -0.15) is 0 Å². The second-order valence-electron chi connectivity index (χ2n) is 9.81. The Morgan fingerprint density at radius 1 is 0.341 bits per heavy atom. The first-order valence-electron chi connectivity index (χ1n) is 14.0. The van der Waals surface area contributed by atoms with Crippen LogP contribution in [0, 0.1) is 23.0 Å². The number of anilines is 6. The minimum absolute atomic E-state index is 0.499. The van der Waals surface area contributed by atoms with Gasteiger partial charge >= 0.3 is 0 Å². The lowest BCUT2D eigenvalue weighted by Crippen LogP contribution is -2.10. The summed E-state index contributed by atoms with van der Waals surface area (Å²) in [6.07, 6.45) is 3.44. The van der Waals surface area contributed by atoms with E-state index >= 15 is 0 Å². The minimum atomic E-state index is 0.499. The average Bonchev–Trinajstić information content (AvgIpc) is 3.09. The van der Waals surface area contributed by atoms with E-state index < -0.39 is 0 Å². The van der Waals surface area contributed by atoms with Crippen molar-refractivity contribution >= 4 is 34.1 Å². The minimum Gasteiger partial charge on any atom is -0.388 e. The number of nitriles is 2. The standard InChI is InChI=1S/C38H26N4O2/c39-27-43-37-23-19-35(20-24-37)41(31-7-3-1-4-8-31)33-15-11-29(12-16-33)30-13-17-34(18-14-30)42(32-9-5-2-6-10-32)36-21-25-38(26-22-36)44-28-40/h1-26H. The van der Waals surface area contributed by atoms with E-state index in [9.17, 15) is 0 Å². The van der Waals surface area contributed by atoms with Gasteiger partial charge in [0.2, 0.25) is 0 Å². The fraction of sp³-hybridized carbons (Fsp3) is 0. The third-order valence-electron chi connectivity index (χ3n) is 7.13. The largest absolute Gasteiger partial charge is 0.388 e. The maximum Gasteiger partial charge on any atom is 0.292 e. The van der Waals surface area contributed by atoms with Crippen molar-refractivity contribution in [3.63, 3.8) is 0 Å². The normalized spacial score (nSPS) is 10.2. The highest BCUT2D eigenvalue weighted by Gasteiger charge is 2.15. The molecule has 0 N–H and O–H groups in total. The Morgan fingerprint density at radius 3 is 0.909 bits per heavy atom. The van der Waals surface area contributed by atoms with E-state index in [2.05, 4.69) is 82.6 Å². The zero-order chi connectivity index (χ0) is 30.1. The molecule has 0 aliphatic carbocycles. The molecule has 6 nitrogen and oxygen atoms in total. The van der Waals surface area contributed by atoms with E-state index in [1.54, 1.807) is 36.8 Å². The van der Waals surface area contributed by atoms with Crippen LogP contribution in [-0.2, 0) is 0 Å². The van der Waals surface area contributed by atoms with Crippen molar-refractivity contribution in [1.29, 1.82) is 10.5 Å². The van der Waals surface area contributed by atoms with E-state index in [1.165, 1.54) is 0 Å². The summed E-state index contributed by atoms with van der Waals surface area (Å²) in [6, 6.07) is 52.1. The third-order valence-corrected chi connectivity index (χ3v) is 7.13. The highest BCUT2D eigenvalue weighted by Crippen LogP contribution is 2.38. The van der Waals surface area contributed by atoms with E-state index in [4.69, 9.17) is 20.0 Å². The van der Waals surface area contributed by atoms with Crippen LogP contribution in [0.2, 0.25) is 0 Å². The first-order chi connectivity index (χ1) is 21.7. The summed E-state index contributed by atoms with van der Waals surface area (Å²) < 4.78 is 9.94. The predicted octanol–water partition coefficient (Wildman–Crippen LogP) is 10.0. The van der Waals surface area contributed by atoms with Crippen LogP contribution in [-0.4, -0.2) is 0 Å². The number of benzene rings is 6. The van der Waals surface area contributed by atoms with E-state index in [-0.39, 0.29) is 0 Å². The Balaban J connectivity index is 1.29. The monoisotopic (exact) mass is 570 g/mol. The summed E-state index contributed by atoms with van der Waals surface area (Å²) >= 11 is 0. The molecule has 0 aliphatic heterocycles. The van der Waals surface area contributed by atoms with Crippen molar-refractivity contribution in [3.05, 3.63) is 158 Å². The Morgan fingerprint density at radius 2 is 0.614 bits per heavy atom. The molecular weight excluding hydrogens is 544 g/mol. The first kappa shape index (κ1) is 27.7. The molecule has 0 fully saturated rings. The lowest BCUT2D eigenvalue weighted by Gasteiger charge is -2.26. The summed E-state index contributed by atoms with van der Waals surface area (Å²) in [4.78, 5) is 4.32. The topological polar surface area (TPSA) is 72.5 Å². The van der Waals surface area contributed by atoms with Crippen molar-refractivity contribution in [2.24, 2.45) is 0 Å². The molecule has 0 amide bonds. The molecule has 0 atom stereocenters. The Labute approximate surface area is 256 Å². The number of rotatable bonds is 9. The fourth-order valence-corrected chi connectivity index (χ4v) is 5.09. The van der Waals surface area contributed by atoms with Gasteiger partial charge in [0.15, 0.2) is 0 Å². The van der Waals surface area contributed by atoms with Crippen molar-refractivity contribution < 1.29 is 9.47 Å². The molecule has 0 aliphatic rings. The molecule has 0 heterocycles. The maximum absolute atomic E-state index is 8.85.